The van der Waals surface area contributed by atoms with Crippen LogP contribution in [0.5, 0.6) is 11.5 Å². The number of amides is 1. The summed E-state index contributed by atoms with van der Waals surface area (Å²) in [5.74, 6) is -0.235. The van der Waals surface area contributed by atoms with Crippen LogP contribution in [0.4, 0.5) is 14.5 Å². The van der Waals surface area contributed by atoms with Crippen molar-refractivity contribution in [2.24, 2.45) is 0 Å². The number of hydrogen-bond acceptors (Lipinski definition) is 6. The standard InChI is InChI=1S/C22H24F2N4O3S/c1-13(2)28-21(14(3)31-19-8-6-5-7-18(19)30-4)26-27-22(28)32-12-20(29)25-17-10-9-15(23)11-16(17)24/h5-11,13-14H,12H2,1-4H3,(H,25,29). The number of carbonyl (C=O) groups excluding carboxylic acids is 1. The molecule has 0 bridgehead atoms. The molecule has 1 heterocycles. The third-order valence-corrected chi connectivity index (χ3v) is 5.42. The van der Waals surface area contributed by atoms with E-state index in [1.807, 2.05) is 37.5 Å². The van der Waals surface area contributed by atoms with Gasteiger partial charge in [0.05, 0.1) is 18.6 Å². The molecular formula is C22H24F2N4O3S. The first-order chi connectivity index (χ1) is 15.3. The van der Waals surface area contributed by atoms with Gasteiger partial charge in [-0.15, -0.1) is 10.2 Å². The van der Waals surface area contributed by atoms with Gasteiger partial charge in [-0.1, -0.05) is 23.9 Å². The lowest BCUT2D eigenvalue weighted by atomic mass is 10.3. The molecular weight excluding hydrogens is 438 g/mol. The predicted molar refractivity (Wildman–Crippen MR) is 118 cm³/mol. The highest BCUT2D eigenvalue weighted by atomic mass is 32.2. The van der Waals surface area contributed by atoms with Crippen LogP contribution in [0.3, 0.4) is 0 Å². The van der Waals surface area contributed by atoms with Crippen LogP contribution in [0.15, 0.2) is 47.6 Å². The lowest BCUT2D eigenvalue weighted by Gasteiger charge is -2.19. The number of para-hydroxylation sites is 2. The Morgan fingerprint density at radius 3 is 2.50 bits per heavy atom. The maximum atomic E-state index is 13.8. The summed E-state index contributed by atoms with van der Waals surface area (Å²) in [7, 11) is 1.57. The first-order valence-electron chi connectivity index (χ1n) is 9.92. The molecule has 1 N–H and O–H groups in total. The number of methoxy groups -OCH3 is 1. The lowest BCUT2D eigenvalue weighted by Crippen LogP contribution is -2.17. The highest BCUT2D eigenvalue weighted by molar-refractivity contribution is 7.99. The summed E-state index contributed by atoms with van der Waals surface area (Å²) in [5, 5.41) is 11.4. The lowest BCUT2D eigenvalue weighted by molar-refractivity contribution is -0.113. The molecule has 1 amide bonds. The topological polar surface area (TPSA) is 78.3 Å². The number of nitrogens with zero attached hydrogens (tertiary/aromatic N) is 3. The number of anilines is 1. The molecule has 32 heavy (non-hydrogen) atoms. The monoisotopic (exact) mass is 462 g/mol. The Labute approximate surface area is 189 Å². The molecule has 3 rings (SSSR count). The predicted octanol–water partition coefficient (Wildman–Crippen LogP) is 5.02. The Morgan fingerprint density at radius 1 is 1.12 bits per heavy atom. The average molecular weight is 463 g/mol. The fraction of sp³-hybridized carbons (Fsp3) is 0.318. The van der Waals surface area contributed by atoms with Crippen LogP contribution in [0.25, 0.3) is 0 Å². The molecule has 1 atom stereocenters. The van der Waals surface area contributed by atoms with Gasteiger partial charge in [0.15, 0.2) is 28.6 Å². The fourth-order valence-corrected chi connectivity index (χ4v) is 3.89. The Kier molecular flexibility index (Phi) is 7.68. The highest BCUT2D eigenvalue weighted by Crippen LogP contribution is 2.32. The fourth-order valence-electron chi connectivity index (χ4n) is 3.02. The van der Waals surface area contributed by atoms with E-state index < -0.39 is 23.6 Å². The van der Waals surface area contributed by atoms with E-state index in [-0.39, 0.29) is 17.5 Å². The third kappa shape index (κ3) is 5.56. The Hall–Kier alpha value is -3.14. The van der Waals surface area contributed by atoms with E-state index in [1.54, 1.807) is 19.2 Å². The van der Waals surface area contributed by atoms with Crippen molar-refractivity contribution in [3.63, 3.8) is 0 Å². The smallest absolute Gasteiger partial charge is 0.234 e. The number of carbonyl (C=O) groups is 1. The molecule has 1 aromatic heterocycles. The number of hydrogen-bond donors (Lipinski definition) is 1. The van der Waals surface area contributed by atoms with Crippen LogP contribution in [-0.2, 0) is 4.79 Å². The quantitative estimate of drug-likeness (QED) is 0.450. The summed E-state index contributed by atoms with van der Waals surface area (Å²) in [6, 6.07) is 10.3. The van der Waals surface area contributed by atoms with Gasteiger partial charge >= 0.3 is 0 Å². The number of thioether (sulfide) groups is 1. The maximum absolute atomic E-state index is 13.8. The normalized spacial score (nSPS) is 12.0. The first-order valence-corrected chi connectivity index (χ1v) is 10.9. The minimum atomic E-state index is -0.835. The van der Waals surface area contributed by atoms with Crippen LogP contribution in [-0.4, -0.2) is 33.5 Å². The van der Waals surface area contributed by atoms with Crippen molar-refractivity contribution in [2.75, 3.05) is 18.2 Å². The van der Waals surface area contributed by atoms with Crippen molar-refractivity contribution < 1.29 is 23.0 Å². The van der Waals surface area contributed by atoms with Gasteiger partial charge in [-0.2, -0.15) is 0 Å². The van der Waals surface area contributed by atoms with Gasteiger partial charge < -0.3 is 19.4 Å². The summed E-state index contributed by atoms with van der Waals surface area (Å²) < 4.78 is 40.0. The summed E-state index contributed by atoms with van der Waals surface area (Å²) in [5.41, 5.74) is -0.0816. The second kappa shape index (κ2) is 10.4. The summed E-state index contributed by atoms with van der Waals surface area (Å²) in [6.45, 7) is 5.80. The number of halogens is 2. The zero-order valence-corrected chi connectivity index (χ0v) is 19.0. The molecule has 0 radical (unpaired) electrons. The maximum Gasteiger partial charge on any atom is 0.234 e. The van der Waals surface area contributed by atoms with E-state index in [0.29, 0.717) is 28.5 Å². The summed E-state index contributed by atoms with van der Waals surface area (Å²) in [6.07, 6.45) is -0.433. The van der Waals surface area contributed by atoms with E-state index >= 15 is 0 Å². The summed E-state index contributed by atoms with van der Waals surface area (Å²) >= 11 is 1.16. The Balaban J connectivity index is 1.71. The molecule has 0 aliphatic rings. The number of aromatic nitrogens is 3. The Morgan fingerprint density at radius 2 is 1.84 bits per heavy atom. The van der Waals surface area contributed by atoms with Gasteiger partial charge in [0, 0.05) is 12.1 Å². The van der Waals surface area contributed by atoms with Crippen molar-refractivity contribution in [3.8, 4) is 11.5 Å². The van der Waals surface area contributed by atoms with Crippen LogP contribution in [0.1, 0.15) is 38.7 Å². The highest BCUT2D eigenvalue weighted by Gasteiger charge is 2.23. The molecule has 170 valence electrons. The van der Waals surface area contributed by atoms with Gasteiger partial charge in [0.1, 0.15) is 11.6 Å². The molecule has 1 unspecified atom stereocenters. The van der Waals surface area contributed by atoms with Crippen molar-refractivity contribution in [2.45, 2.75) is 38.1 Å². The largest absolute Gasteiger partial charge is 0.493 e. The van der Waals surface area contributed by atoms with Gasteiger partial charge in [-0.05, 0) is 45.0 Å². The number of benzene rings is 2. The average Bonchev–Trinajstić information content (AvgIpc) is 3.19. The molecule has 3 aromatic rings. The molecule has 0 saturated heterocycles. The first kappa shape index (κ1) is 23.5. The van der Waals surface area contributed by atoms with Gasteiger partial charge in [-0.3, -0.25) is 4.79 Å². The Bertz CT molecular complexity index is 1090. The van der Waals surface area contributed by atoms with Crippen LogP contribution < -0.4 is 14.8 Å². The minimum Gasteiger partial charge on any atom is -0.493 e. The van der Waals surface area contributed by atoms with Gasteiger partial charge in [-0.25, -0.2) is 8.78 Å². The molecule has 10 heteroatoms. The zero-order valence-electron chi connectivity index (χ0n) is 18.1. The van der Waals surface area contributed by atoms with E-state index in [1.165, 1.54) is 6.07 Å². The molecule has 0 fully saturated rings. The molecule has 2 aromatic carbocycles. The van der Waals surface area contributed by atoms with Crippen LogP contribution in [0.2, 0.25) is 0 Å². The van der Waals surface area contributed by atoms with Gasteiger partial charge in [0.25, 0.3) is 0 Å². The SMILES string of the molecule is COc1ccccc1OC(C)c1nnc(SCC(=O)Nc2ccc(F)cc2F)n1C(C)C. The van der Waals surface area contributed by atoms with E-state index in [2.05, 4.69) is 15.5 Å². The van der Waals surface area contributed by atoms with Gasteiger partial charge in [0.2, 0.25) is 5.91 Å². The number of ether oxygens (including phenoxy) is 2. The number of nitrogens with one attached hydrogen (secondary N) is 1. The van der Waals surface area contributed by atoms with Crippen LogP contribution in [0, 0.1) is 11.6 Å². The second-order valence-corrected chi connectivity index (χ2v) is 8.12. The third-order valence-electron chi connectivity index (χ3n) is 4.48. The van der Waals surface area contributed by atoms with E-state index in [0.717, 1.165) is 17.8 Å². The van der Waals surface area contributed by atoms with Crippen molar-refractivity contribution in [3.05, 3.63) is 59.9 Å². The molecule has 0 aliphatic carbocycles. The number of rotatable bonds is 9. The van der Waals surface area contributed by atoms with E-state index in [4.69, 9.17) is 9.47 Å². The van der Waals surface area contributed by atoms with Crippen molar-refractivity contribution in [1.29, 1.82) is 0 Å². The van der Waals surface area contributed by atoms with Crippen LogP contribution >= 0.6 is 11.8 Å². The van der Waals surface area contributed by atoms with E-state index in [9.17, 15) is 13.6 Å². The zero-order chi connectivity index (χ0) is 23.3. The van der Waals surface area contributed by atoms with Crippen molar-refractivity contribution in [1.82, 2.24) is 14.8 Å². The molecule has 0 aliphatic heterocycles. The molecule has 0 saturated carbocycles. The minimum absolute atomic E-state index is 0.00354. The molecule has 0 spiro atoms. The second-order valence-electron chi connectivity index (χ2n) is 7.18. The summed E-state index contributed by atoms with van der Waals surface area (Å²) in [4.78, 5) is 12.3. The van der Waals surface area contributed by atoms with Crippen molar-refractivity contribution >= 4 is 23.4 Å². The molecule has 7 nitrogen and oxygen atoms in total.